The highest BCUT2D eigenvalue weighted by atomic mass is 32.2. The first-order valence-corrected chi connectivity index (χ1v) is 9.68. The highest BCUT2D eigenvalue weighted by molar-refractivity contribution is 7.90. The Bertz CT molecular complexity index is 814. The van der Waals surface area contributed by atoms with Crippen molar-refractivity contribution in [3.05, 3.63) is 47.8 Å². The molecule has 1 aromatic carbocycles. The molecule has 0 atom stereocenters. The van der Waals surface area contributed by atoms with E-state index in [0.717, 1.165) is 31.2 Å². The lowest BCUT2D eigenvalue weighted by Gasteiger charge is -2.16. The van der Waals surface area contributed by atoms with Crippen molar-refractivity contribution in [2.24, 2.45) is 0 Å². The number of hydrogen-bond acceptors (Lipinski definition) is 4. The maximum atomic E-state index is 12.4. The Kier molecular flexibility index (Phi) is 4.99. The van der Waals surface area contributed by atoms with Crippen molar-refractivity contribution in [1.29, 1.82) is 0 Å². The summed E-state index contributed by atoms with van der Waals surface area (Å²) in [6, 6.07) is 6.96. The Morgan fingerprint density at radius 2 is 2.00 bits per heavy atom. The smallest absolute Gasteiger partial charge is 0.264 e. The number of rotatable bonds is 6. The Morgan fingerprint density at radius 1 is 1.21 bits per heavy atom. The fraction of sp³-hybridized carbons (Fsp3) is 0.412. The van der Waals surface area contributed by atoms with E-state index < -0.39 is 15.9 Å². The zero-order valence-electron chi connectivity index (χ0n) is 13.4. The lowest BCUT2D eigenvalue weighted by atomic mass is 9.92. The molecule has 1 N–H and O–H groups in total. The van der Waals surface area contributed by atoms with E-state index in [1.165, 1.54) is 5.56 Å². The summed E-state index contributed by atoms with van der Waals surface area (Å²) >= 11 is 0. The number of nitrogens with one attached hydrogen (secondary N) is 1. The Labute approximate surface area is 141 Å². The van der Waals surface area contributed by atoms with Gasteiger partial charge in [-0.3, -0.25) is 9.48 Å². The molecular weight excluding hydrogens is 326 g/mol. The van der Waals surface area contributed by atoms with E-state index in [1.54, 1.807) is 29.1 Å². The largest absolute Gasteiger partial charge is 0.274 e. The second-order valence-electron chi connectivity index (χ2n) is 6.04. The monoisotopic (exact) mass is 347 g/mol. The van der Waals surface area contributed by atoms with Crippen molar-refractivity contribution < 1.29 is 13.2 Å². The summed E-state index contributed by atoms with van der Waals surface area (Å²) in [6.07, 6.45) is 8.27. The molecule has 7 heteroatoms. The topological polar surface area (TPSA) is 81.1 Å². The molecule has 0 saturated heterocycles. The van der Waals surface area contributed by atoms with Crippen LogP contribution < -0.4 is 4.72 Å². The van der Waals surface area contributed by atoms with Crippen LogP contribution in [0.3, 0.4) is 0 Å². The Hall–Kier alpha value is -2.15. The van der Waals surface area contributed by atoms with E-state index in [0.29, 0.717) is 13.0 Å². The van der Waals surface area contributed by atoms with Crippen LogP contribution in [0.4, 0.5) is 0 Å². The van der Waals surface area contributed by atoms with Crippen molar-refractivity contribution in [2.75, 3.05) is 0 Å². The predicted octanol–water partition coefficient (Wildman–Crippen LogP) is 2.05. The minimum Gasteiger partial charge on any atom is -0.274 e. The van der Waals surface area contributed by atoms with E-state index in [-0.39, 0.29) is 11.3 Å². The number of hydrogen-bond donors (Lipinski definition) is 1. The van der Waals surface area contributed by atoms with Crippen LogP contribution in [0.15, 0.2) is 41.6 Å². The number of nitrogens with zero attached hydrogens (tertiary/aromatic N) is 2. The molecule has 2 aromatic rings. The molecule has 1 aliphatic rings. The van der Waals surface area contributed by atoms with Gasteiger partial charge in [0, 0.05) is 25.4 Å². The van der Waals surface area contributed by atoms with Crippen molar-refractivity contribution in [3.8, 4) is 0 Å². The first-order valence-electron chi connectivity index (χ1n) is 8.19. The van der Waals surface area contributed by atoms with Crippen LogP contribution in [-0.2, 0) is 34.2 Å². The van der Waals surface area contributed by atoms with Gasteiger partial charge in [-0.15, -0.1) is 0 Å². The third-order valence-electron chi connectivity index (χ3n) is 4.23. The van der Waals surface area contributed by atoms with Crippen molar-refractivity contribution in [1.82, 2.24) is 14.5 Å². The van der Waals surface area contributed by atoms with Crippen LogP contribution in [0.25, 0.3) is 0 Å². The van der Waals surface area contributed by atoms with E-state index in [2.05, 4.69) is 9.82 Å². The van der Waals surface area contributed by atoms with Gasteiger partial charge in [-0.25, -0.2) is 13.1 Å². The van der Waals surface area contributed by atoms with Crippen LogP contribution in [-0.4, -0.2) is 24.1 Å². The molecule has 128 valence electrons. The second kappa shape index (κ2) is 7.17. The number of carbonyl (C=O) groups is 1. The number of carbonyl (C=O) groups excluding carboxylic acids is 1. The Morgan fingerprint density at radius 3 is 2.75 bits per heavy atom. The van der Waals surface area contributed by atoms with Gasteiger partial charge in [0.15, 0.2) is 0 Å². The van der Waals surface area contributed by atoms with Crippen LogP contribution in [0.2, 0.25) is 0 Å². The number of sulfonamides is 1. The van der Waals surface area contributed by atoms with Gasteiger partial charge in [-0.1, -0.05) is 6.07 Å². The third kappa shape index (κ3) is 4.03. The molecular formula is C17H21N3O3S. The first kappa shape index (κ1) is 16.7. The maximum absolute atomic E-state index is 12.4. The lowest BCUT2D eigenvalue weighted by Crippen LogP contribution is -2.30. The average Bonchev–Trinajstić information content (AvgIpc) is 3.07. The van der Waals surface area contributed by atoms with Crippen molar-refractivity contribution in [2.45, 2.75) is 50.0 Å². The molecule has 24 heavy (non-hydrogen) atoms. The molecule has 6 nitrogen and oxygen atoms in total. The van der Waals surface area contributed by atoms with Gasteiger partial charge in [0.2, 0.25) is 5.91 Å². The van der Waals surface area contributed by atoms with Crippen molar-refractivity contribution in [3.63, 3.8) is 0 Å². The summed E-state index contributed by atoms with van der Waals surface area (Å²) in [4.78, 5) is 12.1. The number of aryl methyl sites for hydroxylation is 3. The molecule has 0 spiro atoms. The van der Waals surface area contributed by atoms with E-state index in [4.69, 9.17) is 0 Å². The van der Waals surface area contributed by atoms with E-state index in [1.807, 2.05) is 12.3 Å². The fourth-order valence-electron chi connectivity index (χ4n) is 2.97. The minimum atomic E-state index is -3.80. The highest BCUT2D eigenvalue weighted by Crippen LogP contribution is 2.24. The molecule has 1 amide bonds. The van der Waals surface area contributed by atoms with Crippen LogP contribution >= 0.6 is 0 Å². The summed E-state index contributed by atoms with van der Waals surface area (Å²) in [5.41, 5.74) is 2.29. The van der Waals surface area contributed by atoms with Gasteiger partial charge < -0.3 is 0 Å². The summed E-state index contributed by atoms with van der Waals surface area (Å²) in [7, 11) is -3.80. The number of amides is 1. The van der Waals surface area contributed by atoms with Gasteiger partial charge in [0.05, 0.1) is 4.90 Å². The average molecular weight is 347 g/mol. The molecule has 0 fully saturated rings. The molecule has 0 radical (unpaired) electrons. The zero-order chi connectivity index (χ0) is 17.0. The molecule has 1 aromatic heterocycles. The molecule has 0 unspecified atom stereocenters. The normalized spacial score (nSPS) is 14.2. The summed E-state index contributed by atoms with van der Waals surface area (Å²) in [5, 5.41) is 4.04. The molecule has 0 bridgehead atoms. The van der Waals surface area contributed by atoms with Crippen LogP contribution in [0.1, 0.15) is 36.8 Å². The van der Waals surface area contributed by atoms with Gasteiger partial charge >= 0.3 is 0 Å². The van der Waals surface area contributed by atoms with Gasteiger partial charge in [-0.05, 0) is 61.4 Å². The highest BCUT2D eigenvalue weighted by Gasteiger charge is 2.19. The summed E-state index contributed by atoms with van der Waals surface area (Å²) < 4.78 is 28.6. The van der Waals surface area contributed by atoms with Crippen LogP contribution in [0, 0.1) is 0 Å². The van der Waals surface area contributed by atoms with Crippen molar-refractivity contribution >= 4 is 15.9 Å². The van der Waals surface area contributed by atoms with E-state index >= 15 is 0 Å². The maximum Gasteiger partial charge on any atom is 0.264 e. The van der Waals surface area contributed by atoms with Gasteiger partial charge in [0.1, 0.15) is 0 Å². The SMILES string of the molecule is O=C(CCCn1cccn1)NS(=O)(=O)c1ccc2c(c1)CCCC2. The Balaban J connectivity index is 1.59. The fourth-order valence-corrected chi connectivity index (χ4v) is 4.04. The molecule has 1 heterocycles. The predicted molar refractivity (Wildman–Crippen MR) is 89.9 cm³/mol. The van der Waals surface area contributed by atoms with Gasteiger partial charge in [-0.2, -0.15) is 5.10 Å². The quantitative estimate of drug-likeness (QED) is 0.867. The number of aromatic nitrogens is 2. The van der Waals surface area contributed by atoms with Gasteiger partial charge in [0.25, 0.3) is 10.0 Å². The summed E-state index contributed by atoms with van der Waals surface area (Å²) in [5.74, 6) is -0.486. The first-order chi connectivity index (χ1) is 11.5. The lowest BCUT2D eigenvalue weighted by molar-refractivity contribution is -0.119. The van der Waals surface area contributed by atoms with Crippen LogP contribution in [0.5, 0.6) is 0 Å². The number of fused-ring (bicyclic) bond motifs is 1. The minimum absolute atomic E-state index is 0.143. The third-order valence-corrected chi connectivity index (χ3v) is 5.60. The molecule has 3 rings (SSSR count). The summed E-state index contributed by atoms with van der Waals surface area (Å²) in [6.45, 7) is 0.583. The molecule has 0 saturated carbocycles. The number of benzene rings is 1. The standard InChI is InChI=1S/C17H21N3O3S/c21-17(7-3-11-20-12-4-10-18-20)19-24(22,23)16-9-8-14-5-1-2-6-15(14)13-16/h4,8-10,12-13H,1-3,5-7,11H2,(H,19,21). The second-order valence-corrected chi connectivity index (χ2v) is 7.72. The van der Waals surface area contributed by atoms with E-state index in [9.17, 15) is 13.2 Å². The molecule has 0 aliphatic heterocycles. The zero-order valence-corrected chi connectivity index (χ0v) is 14.3. The molecule has 1 aliphatic carbocycles.